The summed E-state index contributed by atoms with van der Waals surface area (Å²) in [7, 11) is 0. The van der Waals surface area contributed by atoms with Gasteiger partial charge in [0.2, 0.25) is 5.82 Å². The van der Waals surface area contributed by atoms with Gasteiger partial charge < -0.3 is 0 Å². The summed E-state index contributed by atoms with van der Waals surface area (Å²) in [6, 6.07) is 0. The van der Waals surface area contributed by atoms with Crippen LogP contribution in [0.15, 0.2) is 22.6 Å². The minimum absolute atomic E-state index is 0.121. The molecule has 0 radical (unpaired) electrons. The third kappa shape index (κ3) is 2.42. The van der Waals surface area contributed by atoms with E-state index < -0.39 is 11.4 Å². The molecule has 0 spiro atoms. The van der Waals surface area contributed by atoms with Gasteiger partial charge in [-0.25, -0.2) is 4.98 Å². The van der Waals surface area contributed by atoms with Crippen LogP contribution in [0.25, 0.3) is 0 Å². The number of halogens is 1. The average Bonchev–Trinajstić information content (AvgIpc) is 2.10. The molecule has 0 aliphatic rings. The van der Waals surface area contributed by atoms with Gasteiger partial charge in [-0.05, 0) is 6.92 Å². The second-order valence-corrected chi connectivity index (χ2v) is 3.38. The number of hydrogen-bond donors (Lipinski definition) is 1. The van der Waals surface area contributed by atoms with Gasteiger partial charge in [0, 0.05) is 5.75 Å². The van der Waals surface area contributed by atoms with Crippen LogP contribution in [0.2, 0.25) is 0 Å². The Kier molecular flexibility index (Phi) is 3.25. The molecular formula is C8H9FN2OS. The first-order valence-electron chi connectivity index (χ1n) is 3.65. The molecule has 0 unspecified atom stereocenters. The maximum atomic E-state index is 12.8. The number of nitrogens with one attached hydrogen (secondary N) is 1. The van der Waals surface area contributed by atoms with Crippen molar-refractivity contribution in [3.05, 3.63) is 34.5 Å². The van der Waals surface area contributed by atoms with Crippen molar-refractivity contribution in [2.45, 2.75) is 12.1 Å². The molecule has 0 bridgehead atoms. The van der Waals surface area contributed by atoms with E-state index in [0.29, 0.717) is 10.9 Å². The Morgan fingerprint density at radius 1 is 1.77 bits per heavy atom. The Balaban J connectivity index is 2.99. The zero-order valence-corrected chi connectivity index (χ0v) is 7.95. The predicted molar refractivity (Wildman–Crippen MR) is 50.5 cm³/mol. The highest BCUT2D eigenvalue weighted by Gasteiger charge is 2.06. The van der Waals surface area contributed by atoms with Crippen LogP contribution in [0, 0.1) is 12.7 Å². The largest absolute Gasteiger partial charge is 0.299 e. The molecule has 0 saturated heterocycles. The normalized spacial score (nSPS) is 10.0. The van der Waals surface area contributed by atoms with Crippen LogP contribution >= 0.6 is 11.8 Å². The lowest BCUT2D eigenvalue weighted by atomic mass is 10.4. The Morgan fingerprint density at radius 2 is 2.46 bits per heavy atom. The number of aromatic amines is 1. The lowest BCUT2D eigenvalue weighted by molar-refractivity contribution is 0.577. The fourth-order valence-corrected chi connectivity index (χ4v) is 1.39. The van der Waals surface area contributed by atoms with Crippen LogP contribution < -0.4 is 5.56 Å². The van der Waals surface area contributed by atoms with Gasteiger partial charge in [-0.2, -0.15) is 4.39 Å². The van der Waals surface area contributed by atoms with Crippen molar-refractivity contribution in [2.24, 2.45) is 0 Å². The second-order valence-electron chi connectivity index (χ2n) is 2.37. The maximum absolute atomic E-state index is 12.8. The molecule has 1 aromatic rings. The molecule has 0 saturated carbocycles. The first-order valence-corrected chi connectivity index (χ1v) is 4.64. The summed E-state index contributed by atoms with van der Waals surface area (Å²) in [5, 5.41) is 0.420. The number of H-pyrrole nitrogens is 1. The van der Waals surface area contributed by atoms with E-state index in [4.69, 9.17) is 0 Å². The van der Waals surface area contributed by atoms with Gasteiger partial charge in [0.15, 0.2) is 5.16 Å². The smallest absolute Gasteiger partial charge is 0.287 e. The van der Waals surface area contributed by atoms with Gasteiger partial charge in [-0.1, -0.05) is 17.8 Å². The fourth-order valence-electron chi connectivity index (χ4n) is 0.752. The summed E-state index contributed by atoms with van der Waals surface area (Å²) in [5.74, 6) is -0.184. The minimum atomic E-state index is -0.817. The molecule has 3 nitrogen and oxygen atoms in total. The lowest BCUT2D eigenvalue weighted by Crippen LogP contribution is -2.15. The van der Waals surface area contributed by atoms with E-state index in [-0.39, 0.29) is 5.69 Å². The Morgan fingerprint density at radius 3 is 3.00 bits per heavy atom. The van der Waals surface area contributed by atoms with Crippen molar-refractivity contribution in [3.63, 3.8) is 0 Å². The van der Waals surface area contributed by atoms with Gasteiger partial charge >= 0.3 is 0 Å². The van der Waals surface area contributed by atoms with E-state index in [1.807, 2.05) is 0 Å². The summed E-state index contributed by atoms with van der Waals surface area (Å²) in [4.78, 5) is 17.1. The zero-order valence-electron chi connectivity index (χ0n) is 7.13. The maximum Gasteiger partial charge on any atom is 0.287 e. The quantitative estimate of drug-likeness (QED) is 0.457. The topological polar surface area (TPSA) is 45.8 Å². The van der Waals surface area contributed by atoms with Crippen LogP contribution in [0.1, 0.15) is 5.69 Å². The summed E-state index contributed by atoms with van der Waals surface area (Å²) in [5.41, 5.74) is -0.602. The first-order chi connectivity index (χ1) is 6.15. The highest BCUT2D eigenvalue weighted by atomic mass is 32.2. The molecule has 0 fully saturated rings. The van der Waals surface area contributed by atoms with Gasteiger partial charge in [0.05, 0.1) is 5.69 Å². The van der Waals surface area contributed by atoms with E-state index in [1.165, 1.54) is 18.7 Å². The summed E-state index contributed by atoms with van der Waals surface area (Å²) < 4.78 is 12.8. The van der Waals surface area contributed by atoms with Crippen molar-refractivity contribution < 1.29 is 4.39 Å². The average molecular weight is 200 g/mol. The van der Waals surface area contributed by atoms with Crippen LogP contribution in [0.5, 0.6) is 0 Å². The molecule has 0 atom stereocenters. The van der Waals surface area contributed by atoms with Crippen molar-refractivity contribution in [3.8, 4) is 0 Å². The molecule has 0 amide bonds. The monoisotopic (exact) mass is 200 g/mol. The SMILES string of the molecule is C=CCSc1nc(C)c(F)c(=O)[nH]1. The highest BCUT2D eigenvalue weighted by Crippen LogP contribution is 2.11. The molecule has 0 aliphatic heterocycles. The predicted octanol–water partition coefficient (Wildman–Crippen LogP) is 1.50. The van der Waals surface area contributed by atoms with E-state index in [2.05, 4.69) is 16.5 Å². The van der Waals surface area contributed by atoms with Crippen LogP contribution in [-0.2, 0) is 0 Å². The summed E-state index contributed by atoms with van der Waals surface area (Å²) in [6.45, 7) is 4.98. The standard InChI is InChI=1S/C8H9FN2OS/c1-3-4-13-8-10-5(2)6(9)7(12)11-8/h3H,1,4H2,2H3,(H,10,11,12). The van der Waals surface area contributed by atoms with Gasteiger partial charge in [0.1, 0.15) is 0 Å². The van der Waals surface area contributed by atoms with Crippen LogP contribution in [0.4, 0.5) is 4.39 Å². The Hall–Kier alpha value is -1.10. The third-order valence-electron chi connectivity index (χ3n) is 1.34. The van der Waals surface area contributed by atoms with Crippen molar-refractivity contribution >= 4 is 11.8 Å². The number of rotatable bonds is 3. The Bertz CT molecular complexity index is 375. The zero-order chi connectivity index (χ0) is 9.84. The second kappa shape index (κ2) is 4.23. The van der Waals surface area contributed by atoms with E-state index in [1.54, 1.807) is 6.08 Å². The molecule has 70 valence electrons. The molecule has 5 heteroatoms. The van der Waals surface area contributed by atoms with Gasteiger partial charge in [0.25, 0.3) is 5.56 Å². The van der Waals surface area contributed by atoms with Gasteiger partial charge in [-0.15, -0.1) is 6.58 Å². The molecule has 1 rings (SSSR count). The van der Waals surface area contributed by atoms with Crippen molar-refractivity contribution in [1.82, 2.24) is 9.97 Å². The molecule has 0 aromatic carbocycles. The van der Waals surface area contributed by atoms with Crippen molar-refractivity contribution in [1.29, 1.82) is 0 Å². The molecule has 0 aliphatic carbocycles. The molecule has 13 heavy (non-hydrogen) atoms. The van der Waals surface area contributed by atoms with Crippen LogP contribution in [0.3, 0.4) is 0 Å². The number of aryl methyl sites for hydroxylation is 1. The third-order valence-corrected chi connectivity index (χ3v) is 2.21. The van der Waals surface area contributed by atoms with E-state index >= 15 is 0 Å². The van der Waals surface area contributed by atoms with E-state index in [0.717, 1.165) is 0 Å². The van der Waals surface area contributed by atoms with Gasteiger partial charge in [-0.3, -0.25) is 9.78 Å². The van der Waals surface area contributed by atoms with Crippen molar-refractivity contribution in [2.75, 3.05) is 5.75 Å². The summed E-state index contributed by atoms with van der Waals surface area (Å²) >= 11 is 1.31. The lowest BCUT2D eigenvalue weighted by Gasteiger charge is -1.99. The highest BCUT2D eigenvalue weighted by molar-refractivity contribution is 7.99. The number of aromatic nitrogens is 2. The van der Waals surface area contributed by atoms with E-state index in [9.17, 15) is 9.18 Å². The summed E-state index contributed by atoms with van der Waals surface area (Å²) in [6.07, 6.45) is 1.68. The molecule has 1 aromatic heterocycles. The first kappa shape index (κ1) is 9.98. The molecule has 1 heterocycles. The fraction of sp³-hybridized carbons (Fsp3) is 0.250. The molecular weight excluding hydrogens is 191 g/mol. The number of hydrogen-bond acceptors (Lipinski definition) is 3. The number of nitrogens with zero attached hydrogens (tertiary/aromatic N) is 1. The number of thioether (sulfide) groups is 1. The Labute approximate surface area is 79.1 Å². The molecule has 1 N–H and O–H groups in total. The minimum Gasteiger partial charge on any atom is -0.299 e. The van der Waals surface area contributed by atoms with Crippen LogP contribution in [-0.4, -0.2) is 15.7 Å².